The van der Waals surface area contributed by atoms with E-state index in [0.29, 0.717) is 18.0 Å². The van der Waals surface area contributed by atoms with Crippen molar-refractivity contribution in [1.29, 1.82) is 0 Å². The molecule has 0 saturated heterocycles. The van der Waals surface area contributed by atoms with Crippen molar-refractivity contribution in [2.24, 2.45) is 0 Å². The number of rotatable bonds is 7. The number of carbonyl (C=O) groups excluding carboxylic acids is 1. The number of ether oxygens (including phenoxy) is 1. The molecule has 1 N–H and O–H groups in total. The minimum absolute atomic E-state index is 0.0296. The van der Waals surface area contributed by atoms with Gasteiger partial charge in [-0.1, -0.05) is 42.0 Å². The zero-order valence-electron chi connectivity index (χ0n) is 15.9. The van der Waals surface area contributed by atoms with Gasteiger partial charge in [0.2, 0.25) is 10.0 Å². The number of benzene rings is 2. The van der Waals surface area contributed by atoms with Gasteiger partial charge in [-0.25, -0.2) is 8.42 Å². The fourth-order valence-corrected chi connectivity index (χ4v) is 4.62. The average molecular weight is 421 g/mol. The van der Waals surface area contributed by atoms with Crippen LogP contribution in [-0.4, -0.2) is 45.5 Å². The molecular formula is C20H24N2O4S2. The standard InChI is InChI=1S/C20H24N2O4S2/c1-15-7-9-16(10-8-15)14-27-12-11-21-20(23)19-13-22(28(2,24)25)17-5-3-4-6-18(17)26-19/h3-10,19H,11-14H2,1-2H3,(H,21,23)/t19-/m0/s1. The number of thioether (sulfide) groups is 1. The Kier molecular flexibility index (Phi) is 6.51. The number of nitrogens with one attached hydrogen (secondary N) is 1. The molecule has 8 heteroatoms. The van der Waals surface area contributed by atoms with E-state index in [0.717, 1.165) is 17.8 Å². The van der Waals surface area contributed by atoms with E-state index in [4.69, 9.17) is 4.74 Å². The van der Waals surface area contributed by atoms with E-state index in [1.54, 1.807) is 36.0 Å². The van der Waals surface area contributed by atoms with Crippen molar-refractivity contribution in [3.63, 3.8) is 0 Å². The van der Waals surface area contributed by atoms with Crippen molar-refractivity contribution < 1.29 is 17.9 Å². The fourth-order valence-electron chi connectivity index (χ4n) is 2.89. The molecule has 0 aromatic heterocycles. The molecule has 150 valence electrons. The van der Waals surface area contributed by atoms with Crippen LogP contribution in [0.4, 0.5) is 5.69 Å². The molecule has 1 aliphatic rings. The van der Waals surface area contributed by atoms with Gasteiger partial charge in [0.15, 0.2) is 6.10 Å². The van der Waals surface area contributed by atoms with Gasteiger partial charge in [-0.15, -0.1) is 0 Å². The monoisotopic (exact) mass is 420 g/mol. The highest BCUT2D eigenvalue weighted by Crippen LogP contribution is 2.34. The van der Waals surface area contributed by atoms with E-state index in [1.807, 2.05) is 0 Å². The van der Waals surface area contributed by atoms with Crippen molar-refractivity contribution >= 4 is 33.4 Å². The molecule has 0 spiro atoms. The number of carbonyl (C=O) groups is 1. The molecule has 0 saturated carbocycles. The maximum atomic E-state index is 12.5. The second kappa shape index (κ2) is 8.87. The topological polar surface area (TPSA) is 75.7 Å². The Balaban J connectivity index is 1.51. The van der Waals surface area contributed by atoms with E-state index < -0.39 is 16.1 Å². The Labute approximate surface area is 170 Å². The Morgan fingerprint density at radius 1 is 1.21 bits per heavy atom. The Morgan fingerprint density at radius 3 is 2.64 bits per heavy atom. The summed E-state index contributed by atoms with van der Waals surface area (Å²) in [5.41, 5.74) is 2.94. The first kappa shape index (κ1) is 20.5. The predicted octanol–water partition coefficient (Wildman–Crippen LogP) is 2.57. The number of nitrogens with zero attached hydrogens (tertiary/aromatic N) is 1. The summed E-state index contributed by atoms with van der Waals surface area (Å²) >= 11 is 1.73. The number of hydrogen-bond acceptors (Lipinski definition) is 5. The molecule has 3 rings (SSSR count). The van der Waals surface area contributed by atoms with Gasteiger partial charge >= 0.3 is 0 Å². The highest BCUT2D eigenvalue weighted by molar-refractivity contribution is 7.98. The van der Waals surface area contributed by atoms with Gasteiger partial charge in [0.05, 0.1) is 18.5 Å². The number of para-hydroxylation sites is 2. The third-order valence-corrected chi connectivity index (χ3v) is 6.54. The third-order valence-electron chi connectivity index (χ3n) is 4.36. The Hall–Kier alpha value is -2.19. The highest BCUT2D eigenvalue weighted by Gasteiger charge is 2.34. The molecule has 28 heavy (non-hydrogen) atoms. The summed E-state index contributed by atoms with van der Waals surface area (Å²) in [5, 5.41) is 2.84. The lowest BCUT2D eigenvalue weighted by Crippen LogP contribution is -2.50. The average Bonchev–Trinajstić information content (AvgIpc) is 2.67. The lowest BCUT2D eigenvalue weighted by molar-refractivity contribution is -0.127. The summed E-state index contributed by atoms with van der Waals surface area (Å²) in [4.78, 5) is 12.5. The number of amides is 1. The maximum absolute atomic E-state index is 12.5. The Bertz CT molecular complexity index is 929. The molecule has 0 unspecified atom stereocenters. The minimum atomic E-state index is -3.50. The van der Waals surface area contributed by atoms with Crippen LogP contribution >= 0.6 is 11.8 Å². The molecular weight excluding hydrogens is 396 g/mol. The van der Waals surface area contributed by atoms with Crippen LogP contribution in [0.25, 0.3) is 0 Å². The van der Waals surface area contributed by atoms with Crippen LogP contribution in [0.5, 0.6) is 5.75 Å². The smallest absolute Gasteiger partial charge is 0.263 e. The van der Waals surface area contributed by atoms with Crippen molar-refractivity contribution in [2.45, 2.75) is 18.8 Å². The summed E-state index contributed by atoms with van der Waals surface area (Å²) in [6.45, 7) is 2.52. The molecule has 1 aliphatic heterocycles. The quantitative estimate of drug-likeness (QED) is 0.697. The van der Waals surface area contributed by atoms with E-state index >= 15 is 0 Å². The number of aryl methyl sites for hydroxylation is 1. The Morgan fingerprint density at radius 2 is 1.93 bits per heavy atom. The number of fused-ring (bicyclic) bond motifs is 1. The molecule has 0 aliphatic carbocycles. The summed E-state index contributed by atoms with van der Waals surface area (Å²) in [7, 11) is -3.50. The van der Waals surface area contributed by atoms with Crippen molar-refractivity contribution in [1.82, 2.24) is 5.32 Å². The van der Waals surface area contributed by atoms with Gasteiger partial charge in [0.1, 0.15) is 5.75 Å². The summed E-state index contributed by atoms with van der Waals surface area (Å²) in [6.07, 6.45) is 0.262. The molecule has 1 heterocycles. The molecule has 6 nitrogen and oxygen atoms in total. The lowest BCUT2D eigenvalue weighted by atomic mass is 10.2. The predicted molar refractivity (Wildman–Crippen MR) is 113 cm³/mol. The summed E-state index contributed by atoms with van der Waals surface area (Å²) < 4.78 is 31.2. The third kappa shape index (κ3) is 5.20. The van der Waals surface area contributed by atoms with Gasteiger partial charge in [0, 0.05) is 18.1 Å². The SMILES string of the molecule is Cc1ccc(CSCCNC(=O)[C@@H]2CN(S(C)(=O)=O)c3ccccc3O2)cc1. The zero-order valence-corrected chi connectivity index (χ0v) is 17.6. The van der Waals surface area contributed by atoms with E-state index in [1.165, 1.54) is 15.4 Å². The van der Waals surface area contributed by atoms with Crippen molar-refractivity contribution in [3.05, 3.63) is 59.7 Å². The minimum Gasteiger partial charge on any atom is -0.476 e. The number of anilines is 1. The molecule has 2 aromatic rings. The second-order valence-corrected chi connectivity index (χ2v) is 9.71. The van der Waals surface area contributed by atoms with Crippen LogP contribution in [0.1, 0.15) is 11.1 Å². The molecule has 0 radical (unpaired) electrons. The van der Waals surface area contributed by atoms with Crippen molar-refractivity contribution in [2.75, 3.05) is 29.4 Å². The molecule has 0 bridgehead atoms. The van der Waals surface area contributed by atoms with Crippen LogP contribution in [0.2, 0.25) is 0 Å². The highest BCUT2D eigenvalue weighted by atomic mass is 32.2. The first-order valence-corrected chi connectivity index (χ1v) is 12.0. The molecule has 0 fully saturated rings. The van der Waals surface area contributed by atoms with Gasteiger partial charge in [0.25, 0.3) is 5.91 Å². The number of hydrogen-bond donors (Lipinski definition) is 1. The molecule has 1 atom stereocenters. The van der Waals surface area contributed by atoms with E-state index in [2.05, 4.69) is 36.5 Å². The summed E-state index contributed by atoms with van der Waals surface area (Å²) in [5.74, 6) is 1.73. The van der Waals surface area contributed by atoms with Crippen LogP contribution < -0.4 is 14.4 Å². The van der Waals surface area contributed by atoms with Gasteiger partial charge in [-0.3, -0.25) is 9.10 Å². The van der Waals surface area contributed by atoms with Crippen molar-refractivity contribution in [3.8, 4) is 5.75 Å². The van der Waals surface area contributed by atoms with Crippen LogP contribution in [0.3, 0.4) is 0 Å². The van der Waals surface area contributed by atoms with E-state index in [-0.39, 0.29) is 12.5 Å². The fraction of sp³-hybridized carbons (Fsp3) is 0.350. The van der Waals surface area contributed by atoms with Gasteiger partial charge < -0.3 is 10.1 Å². The molecule has 1 amide bonds. The summed E-state index contributed by atoms with van der Waals surface area (Å²) in [6, 6.07) is 15.2. The lowest BCUT2D eigenvalue weighted by Gasteiger charge is -2.33. The maximum Gasteiger partial charge on any atom is 0.263 e. The number of sulfonamides is 1. The normalized spacial score (nSPS) is 16.2. The van der Waals surface area contributed by atoms with Gasteiger partial charge in [-0.05, 0) is 24.6 Å². The zero-order chi connectivity index (χ0) is 20.1. The van der Waals surface area contributed by atoms with Crippen LogP contribution in [0.15, 0.2) is 48.5 Å². The largest absolute Gasteiger partial charge is 0.476 e. The first-order valence-electron chi connectivity index (χ1n) is 8.99. The molecule has 2 aromatic carbocycles. The van der Waals surface area contributed by atoms with Crippen LogP contribution in [-0.2, 0) is 20.6 Å². The van der Waals surface area contributed by atoms with Gasteiger partial charge in [-0.2, -0.15) is 11.8 Å². The van der Waals surface area contributed by atoms with Crippen LogP contribution in [0, 0.1) is 6.92 Å². The van der Waals surface area contributed by atoms with E-state index in [9.17, 15) is 13.2 Å². The first-order chi connectivity index (χ1) is 13.3. The second-order valence-electron chi connectivity index (χ2n) is 6.70.